The average Bonchev–Trinajstić information content (AvgIpc) is 2.49. The number of hydrogen-bond acceptors (Lipinski definition) is 3. The number of benzene rings is 1. The van der Waals surface area contributed by atoms with Gasteiger partial charge in [0.1, 0.15) is 0 Å². The van der Waals surface area contributed by atoms with Crippen molar-refractivity contribution in [3.05, 3.63) is 35.4 Å². The molecule has 2 rings (SSSR count). The van der Waals surface area contributed by atoms with Crippen LogP contribution in [0.2, 0.25) is 0 Å². The fraction of sp³-hybridized carbons (Fsp3) is 0.588. The van der Waals surface area contributed by atoms with Gasteiger partial charge in [0.15, 0.2) is 0 Å². The van der Waals surface area contributed by atoms with Crippen LogP contribution in [0.1, 0.15) is 37.8 Å². The predicted octanol–water partition coefficient (Wildman–Crippen LogP) is 3.02. The summed E-state index contributed by atoms with van der Waals surface area (Å²) in [4.78, 5) is 14.1. The van der Waals surface area contributed by atoms with Crippen molar-refractivity contribution in [1.82, 2.24) is 4.90 Å². The summed E-state index contributed by atoms with van der Waals surface area (Å²) in [6.07, 6.45) is 2.93. The second kappa shape index (κ2) is 7.44. The zero-order valence-electron chi connectivity index (χ0n) is 12.6. The molecule has 1 aromatic rings. The van der Waals surface area contributed by atoms with E-state index in [-0.39, 0.29) is 11.9 Å². The molecule has 0 saturated carbocycles. The van der Waals surface area contributed by atoms with Crippen molar-refractivity contribution in [3.8, 4) is 0 Å². The van der Waals surface area contributed by atoms with E-state index < -0.39 is 0 Å². The van der Waals surface area contributed by atoms with Gasteiger partial charge in [0.05, 0.1) is 12.5 Å². The van der Waals surface area contributed by atoms with Crippen molar-refractivity contribution in [2.75, 3.05) is 19.7 Å². The van der Waals surface area contributed by atoms with Gasteiger partial charge in [-0.15, -0.1) is 0 Å². The molecule has 1 aromatic carbocycles. The molecule has 3 heteroatoms. The molecule has 1 fully saturated rings. The highest BCUT2D eigenvalue weighted by Gasteiger charge is 2.25. The maximum atomic E-state index is 11.7. The Kier molecular flexibility index (Phi) is 5.60. The highest BCUT2D eigenvalue weighted by atomic mass is 16.5. The van der Waals surface area contributed by atoms with Gasteiger partial charge < -0.3 is 4.74 Å². The Balaban J connectivity index is 1.80. The standard InChI is InChI=1S/C17H25NO2/c1-3-14-5-7-15(8-6-14)13-18-11-9-16(10-12-18)17(19)20-4-2/h5-8,16H,3-4,9-13H2,1-2H3. The molecule has 0 aromatic heterocycles. The third kappa shape index (κ3) is 4.07. The van der Waals surface area contributed by atoms with Gasteiger partial charge in [-0.05, 0) is 50.4 Å². The largest absolute Gasteiger partial charge is 0.466 e. The molecule has 0 atom stereocenters. The number of rotatable bonds is 5. The van der Waals surface area contributed by atoms with E-state index in [4.69, 9.17) is 4.74 Å². The monoisotopic (exact) mass is 275 g/mol. The molecule has 0 N–H and O–H groups in total. The van der Waals surface area contributed by atoms with Crippen LogP contribution in [0, 0.1) is 5.92 Å². The lowest BCUT2D eigenvalue weighted by Gasteiger charge is -2.30. The third-order valence-corrected chi connectivity index (χ3v) is 4.04. The summed E-state index contributed by atoms with van der Waals surface area (Å²) in [6.45, 7) is 7.49. The molecule has 0 radical (unpaired) electrons. The minimum absolute atomic E-state index is 0.0144. The third-order valence-electron chi connectivity index (χ3n) is 4.04. The summed E-state index contributed by atoms with van der Waals surface area (Å²) in [5.74, 6) is 0.0908. The Morgan fingerprint density at radius 3 is 2.30 bits per heavy atom. The van der Waals surface area contributed by atoms with E-state index in [1.807, 2.05) is 6.92 Å². The van der Waals surface area contributed by atoms with Crippen LogP contribution in [0.25, 0.3) is 0 Å². The van der Waals surface area contributed by atoms with Gasteiger partial charge in [0.25, 0.3) is 0 Å². The highest BCUT2D eigenvalue weighted by molar-refractivity contribution is 5.72. The van der Waals surface area contributed by atoms with Crippen LogP contribution < -0.4 is 0 Å². The Morgan fingerprint density at radius 2 is 1.75 bits per heavy atom. The molecule has 0 spiro atoms. The lowest BCUT2D eigenvalue weighted by molar-refractivity contribution is -0.149. The molecule has 110 valence electrons. The molecule has 3 nitrogen and oxygen atoms in total. The quantitative estimate of drug-likeness (QED) is 0.774. The van der Waals surface area contributed by atoms with Crippen LogP contribution in [0.4, 0.5) is 0 Å². The molecular weight excluding hydrogens is 250 g/mol. The number of esters is 1. The van der Waals surface area contributed by atoms with E-state index in [1.54, 1.807) is 0 Å². The first kappa shape index (κ1) is 15.0. The molecule has 0 aliphatic carbocycles. The Hall–Kier alpha value is -1.35. The van der Waals surface area contributed by atoms with Crippen LogP contribution in [-0.4, -0.2) is 30.6 Å². The lowest BCUT2D eigenvalue weighted by atomic mass is 9.96. The van der Waals surface area contributed by atoms with E-state index in [1.165, 1.54) is 11.1 Å². The van der Waals surface area contributed by atoms with Gasteiger partial charge in [-0.3, -0.25) is 9.69 Å². The van der Waals surface area contributed by atoms with Crippen molar-refractivity contribution in [2.24, 2.45) is 5.92 Å². The predicted molar refractivity (Wildman–Crippen MR) is 80.5 cm³/mol. The first-order chi connectivity index (χ1) is 9.72. The minimum Gasteiger partial charge on any atom is -0.466 e. The first-order valence-corrected chi connectivity index (χ1v) is 7.69. The molecule has 0 unspecified atom stereocenters. The molecule has 1 aliphatic heterocycles. The summed E-state index contributed by atoms with van der Waals surface area (Å²) in [6, 6.07) is 8.86. The van der Waals surface area contributed by atoms with Crippen molar-refractivity contribution >= 4 is 5.97 Å². The van der Waals surface area contributed by atoms with Gasteiger partial charge in [-0.2, -0.15) is 0 Å². The van der Waals surface area contributed by atoms with Crippen LogP contribution in [0.3, 0.4) is 0 Å². The van der Waals surface area contributed by atoms with E-state index in [0.29, 0.717) is 6.61 Å². The van der Waals surface area contributed by atoms with Gasteiger partial charge in [0, 0.05) is 6.54 Å². The van der Waals surface area contributed by atoms with Crippen LogP contribution in [0.15, 0.2) is 24.3 Å². The number of ether oxygens (including phenoxy) is 1. The number of hydrogen-bond donors (Lipinski definition) is 0. The van der Waals surface area contributed by atoms with Crippen molar-refractivity contribution in [2.45, 2.75) is 39.7 Å². The van der Waals surface area contributed by atoms with Crippen molar-refractivity contribution in [3.63, 3.8) is 0 Å². The van der Waals surface area contributed by atoms with E-state index in [9.17, 15) is 4.79 Å². The molecule has 1 saturated heterocycles. The Labute approximate surface area is 121 Å². The number of carbonyl (C=O) groups excluding carboxylic acids is 1. The zero-order valence-corrected chi connectivity index (χ0v) is 12.6. The SMILES string of the molecule is CCOC(=O)C1CCN(Cc2ccc(CC)cc2)CC1. The number of aryl methyl sites for hydroxylation is 1. The van der Waals surface area contributed by atoms with Gasteiger partial charge in [-0.25, -0.2) is 0 Å². The number of carbonyl (C=O) groups is 1. The molecule has 20 heavy (non-hydrogen) atoms. The second-order valence-corrected chi connectivity index (χ2v) is 5.47. The van der Waals surface area contributed by atoms with Gasteiger partial charge >= 0.3 is 5.97 Å². The Bertz CT molecular complexity index is 419. The smallest absolute Gasteiger partial charge is 0.309 e. The maximum absolute atomic E-state index is 11.7. The molecule has 0 bridgehead atoms. The van der Waals surface area contributed by atoms with E-state index in [0.717, 1.165) is 38.9 Å². The van der Waals surface area contributed by atoms with E-state index in [2.05, 4.69) is 36.1 Å². The number of likely N-dealkylation sites (tertiary alicyclic amines) is 1. The van der Waals surface area contributed by atoms with Crippen molar-refractivity contribution < 1.29 is 9.53 Å². The summed E-state index contributed by atoms with van der Waals surface area (Å²) in [7, 11) is 0. The molecule has 1 aliphatic rings. The lowest BCUT2D eigenvalue weighted by Crippen LogP contribution is -2.36. The summed E-state index contributed by atoms with van der Waals surface area (Å²) in [5, 5.41) is 0. The van der Waals surface area contributed by atoms with Crippen LogP contribution in [0.5, 0.6) is 0 Å². The van der Waals surface area contributed by atoms with Gasteiger partial charge in [-0.1, -0.05) is 31.2 Å². The van der Waals surface area contributed by atoms with Gasteiger partial charge in [0.2, 0.25) is 0 Å². The fourth-order valence-corrected chi connectivity index (χ4v) is 2.73. The summed E-state index contributed by atoms with van der Waals surface area (Å²) in [5.41, 5.74) is 2.74. The summed E-state index contributed by atoms with van der Waals surface area (Å²) >= 11 is 0. The number of nitrogens with zero attached hydrogens (tertiary/aromatic N) is 1. The highest BCUT2D eigenvalue weighted by Crippen LogP contribution is 2.20. The topological polar surface area (TPSA) is 29.5 Å². The van der Waals surface area contributed by atoms with Crippen LogP contribution >= 0.6 is 0 Å². The fourth-order valence-electron chi connectivity index (χ4n) is 2.73. The van der Waals surface area contributed by atoms with Crippen molar-refractivity contribution in [1.29, 1.82) is 0 Å². The minimum atomic E-state index is -0.0144. The normalized spacial score (nSPS) is 17.1. The average molecular weight is 275 g/mol. The molecule has 1 heterocycles. The molecule has 0 amide bonds. The maximum Gasteiger partial charge on any atom is 0.309 e. The van der Waals surface area contributed by atoms with Crippen LogP contribution in [-0.2, 0) is 22.5 Å². The first-order valence-electron chi connectivity index (χ1n) is 7.69. The summed E-state index contributed by atoms with van der Waals surface area (Å²) < 4.78 is 5.10. The second-order valence-electron chi connectivity index (χ2n) is 5.47. The molecular formula is C17H25NO2. The zero-order chi connectivity index (χ0) is 14.4. The Morgan fingerprint density at radius 1 is 1.15 bits per heavy atom. The van der Waals surface area contributed by atoms with E-state index >= 15 is 0 Å². The number of piperidine rings is 1.